The van der Waals surface area contributed by atoms with E-state index in [1.807, 2.05) is 0 Å². The second-order valence-corrected chi connectivity index (χ2v) is 6.09. The zero-order chi connectivity index (χ0) is 20.3. The number of primary amides is 1. The Balaban J connectivity index is 4.94. The highest BCUT2D eigenvalue weighted by atomic mass is 32.1. The molecule has 0 aromatic rings. The summed E-state index contributed by atoms with van der Waals surface area (Å²) in [6, 6.07) is -2.70. The molecule has 0 radical (unpaired) electrons. The predicted octanol–water partition coefficient (Wildman–Crippen LogP) is -2.30. The molecular weight excluding hydrogens is 360 g/mol. The molecule has 4 amide bonds. The molecule has 0 aliphatic carbocycles. The molecule has 0 saturated carbocycles. The second-order valence-electron chi connectivity index (χ2n) is 5.72. The number of carbonyl (C=O) groups is 4. The van der Waals surface area contributed by atoms with Crippen LogP contribution in [0.4, 0.5) is 0 Å². The van der Waals surface area contributed by atoms with Gasteiger partial charge in [-0.2, -0.15) is 12.6 Å². The third-order valence-electron chi connectivity index (χ3n) is 3.31. The lowest BCUT2D eigenvalue weighted by atomic mass is 10.1. The molecular formula is C15H28N6O4S. The number of amides is 4. The molecule has 0 aromatic heterocycles. The fourth-order valence-electron chi connectivity index (χ4n) is 1.97. The van der Waals surface area contributed by atoms with Crippen molar-refractivity contribution >= 4 is 36.3 Å². The molecule has 0 unspecified atom stereocenters. The van der Waals surface area contributed by atoms with Crippen molar-refractivity contribution in [1.29, 1.82) is 0 Å². The van der Waals surface area contributed by atoms with Crippen molar-refractivity contribution in [3.8, 4) is 0 Å². The summed E-state index contributed by atoms with van der Waals surface area (Å²) in [5.41, 5.74) is 10.6. The Morgan fingerprint density at radius 1 is 1.04 bits per heavy atom. The zero-order valence-electron chi connectivity index (χ0n) is 15.0. The lowest BCUT2D eigenvalue weighted by molar-refractivity contribution is -0.132. The average molecular weight is 388 g/mol. The van der Waals surface area contributed by atoms with Crippen LogP contribution in [0.15, 0.2) is 12.4 Å². The maximum atomic E-state index is 12.4. The Morgan fingerprint density at radius 2 is 1.62 bits per heavy atom. The molecule has 3 atom stereocenters. The van der Waals surface area contributed by atoms with Crippen LogP contribution in [0.3, 0.4) is 0 Å². The first kappa shape index (κ1) is 23.6. The number of hydrogen-bond donors (Lipinski definition) is 7. The van der Waals surface area contributed by atoms with Crippen molar-refractivity contribution in [1.82, 2.24) is 21.3 Å². The van der Waals surface area contributed by atoms with Crippen LogP contribution in [-0.2, 0) is 19.2 Å². The van der Waals surface area contributed by atoms with Gasteiger partial charge in [0.2, 0.25) is 23.6 Å². The Labute approximate surface area is 158 Å². The number of nitrogens with two attached hydrogens (primary N) is 2. The summed E-state index contributed by atoms with van der Waals surface area (Å²) in [5, 5.41) is 10.2. The molecule has 0 aliphatic heterocycles. The molecule has 0 spiro atoms. The molecule has 0 rings (SSSR count). The van der Waals surface area contributed by atoms with Crippen LogP contribution in [0.25, 0.3) is 0 Å². The van der Waals surface area contributed by atoms with Gasteiger partial charge < -0.3 is 32.7 Å². The van der Waals surface area contributed by atoms with Gasteiger partial charge in [-0.1, -0.05) is 6.58 Å². The number of nitrogens with one attached hydrogen (secondary N) is 4. The van der Waals surface area contributed by atoms with E-state index in [0.29, 0.717) is 13.0 Å². The van der Waals surface area contributed by atoms with Gasteiger partial charge in [0.25, 0.3) is 0 Å². The second kappa shape index (κ2) is 12.0. The maximum Gasteiger partial charge on any atom is 0.243 e. The Kier molecular flexibility index (Phi) is 10.9. The minimum absolute atomic E-state index is 0.0264. The minimum atomic E-state index is -0.958. The standard InChI is InChI=1S/C15H28N6O4S/c1-8(19-10(3)22)14(24)20-11(5-4-6-18-9(2)16)15(25)21-12(7-26)13(17)23/h8,11-12,18,26H,2,4-7,16H2,1,3H3,(H2,17,23)(H,19,22)(H,20,24)(H,21,25)/t8-,11-,12-/m0/s1. The fraction of sp³-hybridized carbons (Fsp3) is 0.600. The molecule has 26 heavy (non-hydrogen) atoms. The van der Waals surface area contributed by atoms with Crippen molar-refractivity contribution < 1.29 is 19.2 Å². The predicted molar refractivity (Wildman–Crippen MR) is 101 cm³/mol. The van der Waals surface area contributed by atoms with E-state index in [0.717, 1.165) is 0 Å². The van der Waals surface area contributed by atoms with Gasteiger partial charge in [0, 0.05) is 19.2 Å². The van der Waals surface area contributed by atoms with Crippen molar-refractivity contribution in [2.24, 2.45) is 11.5 Å². The van der Waals surface area contributed by atoms with Gasteiger partial charge in [-0.3, -0.25) is 19.2 Å². The van der Waals surface area contributed by atoms with E-state index in [1.165, 1.54) is 13.8 Å². The number of rotatable bonds is 12. The van der Waals surface area contributed by atoms with E-state index in [-0.39, 0.29) is 23.9 Å². The summed E-state index contributed by atoms with van der Waals surface area (Å²) in [6.07, 6.45) is 0.758. The smallest absolute Gasteiger partial charge is 0.243 e. The molecule has 0 aromatic carbocycles. The molecule has 11 heteroatoms. The Bertz CT molecular complexity index is 542. The van der Waals surface area contributed by atoms with Gasteiger partial charge in [0.05, 0.1) is 5.82 Å². The summed E-state index contributed by atoms with van der Waals surface area (Å²) < 4.78 is 0. The number of hydrogen-bond acceptors (Lipinski definition) is 7. The first-order valence-corrected chi connectivity index (χ1v) is 8.68. The Hall–Kier alpha value is -2.43. The average Bonchev–Trinajstić information content (AvgIpc) is 2.53. The van der Waals surface area contributed by atoms with Crippen LogP contribution in [0, 0.1) is 0 Å². The van der Waals surface area contributed by atoms with E-state index in [1.54, 1.807) is 0 Å². The molecule has 0 saturated heterocycles. The largest absolute Gasteiger partial charge is 0.386 e. The summed E-state index contributed by atoms with van der Waals surface area (Å²) >= 11 is 3.96. The van der Waals surface area contributed by atoms with Gasteiger partial charge in [-0.25, -0.2) is 0 Å². The SMILES string of the molecule is C=C(N)NCCC[C@H](NC(=O)[C@H](C)NC(C)=O)C(=O)N[C@@H](CS)C(N)=O. The minimum Gasteiger partial charge on any atom is -0.386 e. The first-order valence-electron chi connectivity index (χ1n) is 8.04. The van der Waals surface area contributed by atoms with Crippen LogP contribution in [0.1, 0.15) is 26.7 Å². The van der Waals surface area contributed by atoms with Crippen molar-refractivity contribution in [3.63, 3.8) is 0 Å². The van der Waals surface area contributed by atoms with Gasteiger partial charge in [0.15, 0.2) is 0 Å². The van der Waals surface area contributed by atoms with Crippen LogP contribution >= 0.6 is 12.6 Å². The van der Waals surface area contributed by atoms with E-state index in [2.05, 4.69) is 40.5 Å². The molecule has 148 valence electrons. The van der Waals surface area contributed by atoms with E-state index >= 15 is 0 Å². The molecule has 0 fully saturated rings. The highest BCUT2D eigenvalue weighted by Crippen LogP contribution is 2.01. The zero-order valence-corrected chi connectivity index (χ0v) is 15.9. The summed E-state index contributed by atoms with van der Waals surface area (Å²) in [7, 11) is 0. The number of carbonyl (C=O) groups excluding carboxylic acids is 4. The fourth-order valence-corrected chi connectivity index (χ4v) is 2.24. The lowest BCUT2D eigenvalue weighted by Gasteiger charge is -2.23. The highest BCUT2D eigenvalue weighted by Gasteiger charge is 2.26. The van der Waals surface area contributed by atoms with E-state index in [9.17, 15) is 19.2 Å². The summed E-state index contributed by atoms with van der Waals surface area (Å²) in [6.45, 7) is 6.71. The lowest BCUT2D eigenvalue weighted by Crippen LogP contribution is -2.56. The van der Waals surface area contributed by atoms with Crippen LogP contribution in [0.5, 0.6) is 0 Å². The van der Waals surface area contributed by atoms with E-state index in [4.69, 9.17) is 11.5 Å². The molecule has 0 bridgehead atoms. The third-order valence-corrected chi connectivity index (χ3v) is 3.68. The summed E-state index contributed by atoms with van der Waals surface area (Å²) in [4.78, 5) is 46.9. The van der Waals surface area contributed by atoms with Crippen molar-refractivity contribution in [2.75, 3.05) is 12.3 Å². The first-order chi connectivity index (χ1) is 12.1. The van der Waals surface area contributed by atoms with Crippen LogP contribution < -0.4 is 32.7 Å². The monoisotopic (exact) mass is 388 g/mol. The quantitative estimate of drug-likeness (QED) is 0.146. The van der Waals surface area contributed by atoms with Gasteiger partial charge in [-0.15, -0.1) is 0 Å². The third kappa shape index (κ3) is 9.77. The van der Waals surface area contributed by atoms with Crippen LogP contribution in [-0.4, -0.2) is 54.1 Å². The summed E-state index contributed by atoms with van der Waals surface area (Å²) in [5.74, 6) is -1.89. The number of thiol groups is 1. The van der Waals surface area contributed by atoms with Gasteiger partial charge >= 0.3 is 0 Å². The molecule has 0 heterocycles. The molecule has 8 N–H and O–H groups in total. The maximum absolute atomic E-state index is 12.4. The van der Waals surface area contributed by atoms with Crippen molar-refractivity contribution in [2.45, 2.75) is 44.8 Å². The van der Waals surface area contributed by atoms with E-state index < -0.39 is 35.8 Å². The normalized spacial score (nSPS) is 13.7. The Morgan fingerprint density at radius 3 is 2.08 bits per heavy atom. The molecule has 0 aliphatic rings. The van der Waals surface area contributed by atoms with Gasteiger partial charge in [-0.05, 0) is 19.8 Å². The molecule has 10 nitrogen and oxygen atoms in total. The van der Waals surface area contributed by atoms with Crippen molar-refractivity contribution in [3.05, 3.63) is 12.4 Å². The van der Waals surface area contributed by atoms with Crippen LogP contribution in [0.2, 0.25) is 0 Å². The topological polar surface area (TPSA) is 168 Å². The van der Waals surface area contributed by atoms with Gasteiger partial charge in [0.1, 0.15) is 18.1 Å². The highest BCUT2D eigenvalue weighted by molar-refractivity contribution is 7.80.